The van der Waals surface area contributed by atoms with Crippen LogP contribution >= 0.6 is 0 Å². The smallest absolute Gasteiger partial charge is 0.274 e. The van der Waals surface area contributed by atoms with Crippen molar-refractivity contribution in [1.29, 1.82) is 0 Å². The van der Waals surface area contributed by atoms with E-state index in [1.165, 1.54) is 0 Å². The van der Waals surface area contributed by atoms with Crippen molar-refractivity contribution < 1.29 is 9.90 Å². The molecule has 0 saturated carbocycles. The van der Waals surface area contributed by atoms with Crippen LogP contribution in [0.15, 0.2) is 51.7 Å². The Hall–Kier alpha value is -1.94. The molecule has 1 amide bonds. The lowest BCUT2D eigenvalue weighted by atomic mass is 9.78. The maximum absolute atomic E-state index is 11.6. The number of aliphatic hydroxyl groups excluding tert-OH is 1. The van der Waals surface area contributed by atoms with Crippen molar-refractivity contribution in [2.24, 2.45) is 10.9 Å². The van der Waals surface area contributed by atoms with Crippen LogP contribution in [0, 0.1) is 5.92 Å². The molecule has 2 unspecified atom stereocenters. The highest BCUT2D eigenvalue weighted by Gasteiger charge is 2.43. The fraction of sp³-hybridized carbons (Fsp3) is 0.167. The van der Waals surface area contributed by atoms with Gasteiger partial charge in [-0.05, 0) is 17.7 Å². The van der Waals surface area contributed by atoms with Gasteiger partial charge in [0.25, 0.3) is 5.91 Å². The van der Waals surface area contributed by atoms with Crippen LogP contribution in [-0.2, 0) is 4.79 Å². The first-order chi connectivity index (χ1) is 7.75. The Bertz CT molecular complexity index is 590. The lowest BCUT2D eigenvalue weighted by molar-refractivity contribution is -0.114. The summed E-state index contributed by atoms with van der Waals surface area (Å²) < 4.78 is 0. The largest absolute Gasteiger partial charge is 0.369 e. The standard InChI is InChI=1S/C12H8N2O2/c15-11-5-1-2-6-10-8(14-12(6)16)4-3-7(13-11)9(5)10/h1-4,9,12,14,16H. The van der Waals surface area contributed by atoms with Gasteiger partial charge >= 0.3 is 0 Å². The number of nitrogens with zero attached hydrogens (tertiary/aromatic N) is 1. The van der Waals surface area contributed by atoms with Crippen LogP contribution in [0.5, 0.6) is 0 Å². The van der Waals surface area contributed by atoms with Gasteiger partial charge in [-0.1, -0.05) is 12.2 Å². The van der Waals surface area contributed by atoms with Gasteiger partial charge < -0.3 is 10.4 Å². The first-order valence-corrected chi connectivity index (χ1v) is 5.17. The number of hydrogen-bond acceptors (Lipinski definition) is 3. The van der Waals surface area contributed by atoms with E-state index in [4.69, 9.17) is 0 Å². The van der Waals surface area contributed by atoms with E-state index < -0.39 is 6.23 Å². The third-order valence-electron chi connectivity index (χ3n) is 3.42. The van der Waals surface area contributed by atoms with E-state index in [0.717, 1.165) is 22.6 Å². The number of aliphatic hydroxyl groups is 1. The fourth-order valence-electron chi connectivity index (χ4n) is 2.73. The molecule has 4 rings (SSSR count). The number of amides is 1. The average Bonchev–Trinajstić information content (AvgIpc) is 2.76. The van der Waals surface area contributed by atoms with E-state index in [9.17, 15) is 9.90 Å². The molecule has 78 valence electrons. The van der Waals surface area contributed by atoms with Crippen LogP contribution in [0.2, 0.25) is 0 Å². The Morgan fingerprint density at radius 3 is 2.94 bits per heavy atom. The number of allylic oxidation sites excluding steroid dienone is 4. The highest BCUT2D eigenvalue weighted by molar-refractivity contribution is 6.21. The Balaban J connectivity index is 2.04. The first kappa shape index (κ1) is 8.24. The molecule has 0 aromatic rings. The van der Waals surface area contributed by atoms with Gasteiger partial charge in [-0.3, -0.25) is 4.79 Å². The molecule has 0 spiro atoms. The number of carbonyl (C=O) groups is 1. The van der Waals surface area contributed by atoms with Crippen LogP contribution in [0.4, 0.5) is 0 Å². The normalized spacial score (nSPS) is 33.3. The summed E-state index contributed by atoms with van der Waals surface area (Å²) in [5.41, 5.74) is 4.28. The molecule has 0 aromatic heterocycles. The Morgan fingerprint density at radius 1 is 1.25 bits per heavy atom. The predicted octanol–water partition coefficient (Wildman–Crippen LogP) is 0.196. The van der Waals surface area contributed by atoms with Crippen LogP contribution in [0.3, 0.4) is 0 Å². The molecular formula is C12H8N2O2. The summed E-state index contributed by atoms with van der Waals surface area (Å²) in [6.07, 6.45) is 6.63. The van der Waals surface area contributed by atoms with Gasteiger partial charge in [-0.25, -0.2) is 4.99 Å². The summed E-state index contributed by atoms with van der Waals surface area (Å²) in [7, 11) is 0. The predicted molar refractivity (Wildman–Crippen MR) is 57.4 cm³/mol. The van der Waals surface area contributed by atoms with Crippen LogP contribution < -0.4 is 5.32 Å². The second-order valence-corrected chi connectivity index (χ2v) is 4.23. The van der Waals surface area contributed by atoms with Crippen molar-refractivity contribution in [1.82, 2.24) is 5.32 Å². The number of hydrogen-bond donors (Lipinski definition) is 2. The summed E-state index contributed by atoms with van der Waals surface area (Å²) in [6, 6.07) is 0. The zero-order chi connectivity index (χ0) is 10.9. The summed E-state index contributed by atoms with van der Waals surface area (Å²) in [4.78, 5) is 15.7. The van der Waals surface area contributed by atoms with E-state index in [1.807, 2.05) is 12.2 Å². The molecule has 2 aliphatic carbocycles. The summed E-state index contributed by atoms with van der Waals surface area (Å²) in [5, 5.41) is 12.8. The van der Waals surface area contributed by atoms with Gasteiger partial charge in [0.05, 0.1) is 11.6 Å². The van der Waals surface area contributed by atoms with Crippen molar-refractivity contribution >= 4 is 11.6 Å². The van der Waals surface area contributed by atoms with E-state index in [-0.39, 0.29) is 11.8 Å². The number of carbonyl (C=O) groups excluding carboxylic acids is 1. The monoisotopic (exact) mass is 212 g/mol. The van der Waals surface area contributed by atoms with Crippen molar-refractivity contribution in [2.45, 2.75) is 6.23 Å². The molecule has 0 fully saturated rings. The molecule has 0 aromatic carbocycles. The van der Waals surface area contributed by atoms with E-state index in [1.54, 1.807) is 12.2 Å². The number of nitrogens with one attached hydrogen (secondary N) is 1. The van der Waals surface area contributed by atoms with Gasteiger partial charge in [-0.15, -0.1) is 0 Å². The molecule has 16 heavy (non-hydrogen) atoms. The molecule has 2 heterocycles. The number of aliphatic imine (C=N–C) groups is 1. The molecule has 4 nitrogen and oxygen atoms in total. The molecule has 4 heteroatoms. The van der Waals surface area contributed by atoms with Gasteiger partial charge in [-0.2, -0.15) is 0 Å². The highest BCUT2D eigenvalue weighted by atomic mass is 16.3. The SMILES string of the molecule is O=C1N=C2C=CC3=C4C(=CC=C1C24)C(O)N3. The first-order valence-electron chi connectivity index (χ1n) is 5.17. The third kappa shape index (κ3) is 0.760. The van der Waals surface area contributed by atoms with Gasteiger partial charge in [0, 0.05) is 16.8 Å². The van der Waals surface area contributed by atoms with Crippen molar-refractivity contribution in [3.63, 3.8) is 0 Å². The molecule has 0 radical (unpaired) electrons. The molecular weight excluding hydrogens is 204 g/mol. The lowest BCUT2D eigenvalue weighted by Gasteiger charge is -2.21. The molecule has 0 bridgehead atoms. The Kier molecular flexibility index (Phi) is 1.24. The highest BCUT2D eigenvalue weighted by Crippen LogP contribution is 2.44. The minimum Gasteiger partial charge on any atom is -0.369 e. The fourth-order valence-corrected chi connectivity index (χ4v) is 2.73. The lowest BCUT2D eigenvalue weighted by Crippen LogP contribution is -2.23. The topological polar surface area (TPSA) is 61.7 Å². The maximum Gasteiger partial charge on any atom is 0.274 e. The average molecular weight is 212 g/mol. The second kappa shape index (κ2) is 2.41. The number of rotatable bonds is 0. The molecule has 0 saturated heterocycles. The minimum atomic E-state index is -0.664. The van der Waals surface area contributed by atoms with Crippen LogP contribution in [0.1, 0.15) is 0 Å². The van der Waals surface area contributed by atoms with Crippen LogP contribution in [-0.4, -0.2) is 23.0 Å². The molecule has 2 atom stereocenters. The van der Waals surface area contributed by atoms with Gasteiger partial charge in [0.15, 0.2) is 6.23 Å². The quantitative estimate of drug-likeness (QED) is 0.602. The Morgan fingerprint density at radius 2 is 2.06 bits per heavy atom. The van der Waals surface area contributed by atoms with Gasteiger partial charge in [0.1, 0.15) is 0 Å². The minimum absolute atomic E-state index is 0.0582. The van der Waals surface area contributed by atoms with E-state index in [2.05, 4.69) is 10.3 Å². The van der Waals surface area contributed by atoms with E-state index in [0.29, 0.717) is 5.57 Å². The van der Waals surface area contributed by atoms with Crippen molar-refractivity contribution in [3.8, 4) is 0 Å². The summed E-state index contributed by atoms with van der Waals surface area (Å²) in [5.74, 6) is -0.216. The summed E-state index contributed by atoms with van der Waals surface area (Å²) in [6.45, 7) is 0. The zero-order valence-corrected chi connectivity index (χ0v) is 8.27. The molecule has 2 aliphatic heterocycles. The zero-order valence-electron chi connectivity index (χ0n) is 8.27. The van der Waals surface area contributed by atoms with Gasteiger partial charge in [0.2, 0.25) is 0 Å². The maximum atomic E-state index is 11.6. The van der Waals surface area contributed by atoms with Crippen molar-refractivity contribution in [2.75, 3.05) is 0 Å². The third-order valence-corrected chi connectivity index (χ3v) is 3.42. The Labute approximate surface area is 91.4 Å². The van der Waals surface area contributed by atoms with Crippen molar-refractivity contribution in [3.05, 3.63) is 46.7 Å². The molecule has 2 N–H and O–H groups in total. The van der Waals surface area contributed by atoms with Crippen LogP contribution in [0.25, 0.3) is 0 Å². The van der Waals surface area contributed by atoms with E-state index >= 15 is 0 Å². The second-order valence-electron chi connectivity index (χ2n) is 4.23. The summed E-state index contributed by atoms with van der Waals surface area (Å²) >= 11 is 0. The molecule has 4 aliphatic rings.